The highest BCUT2D eigenvalue weighted by Crippen LogP contribution is 2.12. The molecule has 5 heteroatoms. The van der Waals surface area contributed by atoms with Gasteiger partial charge < -0.3 is 9.64 Å². The van der Waals surface area contributed by atoms with Crippen LogP contribution in [0.15, 0.2) is 5.51 Å². The Balaban J connectivity index is 2.16. The first kappa shape index (κ1) is 13.1. The first-order valence-corrected chi connectivity index (χ1v) is 6.17. The average Bonchev–Trinajstić information content (AvgIpc) is 2.61. The molecule has 0 aromatic carbocycles. The molecule has 0 saturated heterocycles. The Kier molecular flexibility index (Phi) is 5.42. The topological polar surface area (TPSA) is 42.4 Å². The number of rotatable bonds is 6. The minimum absolute atomic E-state index is 0.129. The summed E-state index contributed by atoms with van der Waals surface area (Å²) in [6.45, 7) is 3.16. The maximum atomic E-state index is 11.3. The monoisotopic (exact) mass is 242 g/mol. The van der Waals surface area contributed by atoms with Gasteiger partial charge in [0.15, 0.2) is 0 Å². The fourth-order valence-corrected chi connectivity index (χ4v) is 1.97. The molecule has 0 spiro atoms. The Morgan fingerprint density at radius 1 is 1.56 bits per heavy atom. The molecule has 0 amide bonds. The Labute approximate surface area is 100 Å². The molecule has 16 heavy (non-hydrogen) atoms. The van der Waals surface area contributed by atoms with Gasteiger partial charge in [-0.05, 0) is 21.0 Å². The van der Waals surface area contributed by atoms with Crippen LogP contribution in [0.1, 0.15) is 17.0 Å². The van der Waals surface area contributed by atoms with Gasteiger partial charge in [0, 0.05) is 17.8 Å². The van der Waals surface area contributed by atoms with Gasteiger partial charge in [-0.3, -0.25) is 4.79 Å². The molecule has 1 rings (SSSR count). The highest BCUT2D eigenvalue weighted by molar-refractivity contribution is 7.09. The molecule has 1 aromatic heterocycles. The van der Waals surface area contributed by atoms with Gasteiger partial charge >= 0.3 is 5.97 Å². The summed E-state index contributed by atoms with van der Waals surface area (Å²) in [5.41, 5.74) is 2.85. The van der Waals surface area contributed by atoms with Crippen molar-refractivity contribution < 1.29 is 9.53 Å². The zero-order valence-corrected chi connectivity index (χ0v) is 10.8. The van der Waals surface area contributed by atoms with Gasteiger partial charge in [0.05, 0.1) is 24.2 Å². The molecule has 4 nitrogen and oxygen atoms in total. The van der Waals surface area contributed by atoms with Crippen LogP contribution in [0.4, 0.5) is 0 Å². The van der Waals surface area contributed by atoms with E-state index in [9.17, 15) is 4.79 Å². The van der Waals surface area contributed by atoms with Crippen LogP contribution in [0, 0.1) is 6.92 Å². The minimum Gasteiger partial charge on any atom is -0.465 e. The summed E-state index contributed by atoms with van der Waals surface area (Å²) in [5, 5.41) is 0. The number of carbonyl (C=O) groups is 1. The number of ether oxygens (including phenoxy) is 1. The van der Waals surface area contributed by atoms with Crippen LogP contribution in [0.25, 0.3) is 0 Å². The number of nitrogens with zero attached hydrogens (tertiary/aromatic N) is 2. The number of esters is 1. The van der Waals surface area contributed by atoms with Crippen molar-refractivity contribution in [3.05, 3.63) is 16.1 Å². The summed E-state index contributed by atoms with van der Waals surface area (Å²) in [4.78, 5) is 18.6. The molecule has 90 valence electrons. The van der Waals surface area contributed by atoms with Gasteiger partial charge in [-0.15, -0.1) is 11.3 Å². The third-order valence-corrected chi connectivity index (χ3v) is 3.20. The smallest absolute Gasteiger partial charge is 0.307 e. The number of hydrogen-bond acceptors (Lipinski definition) is 5. The Morgan fingerprint density at radius 2 is 2.31 bits per heavy atom. The summed E-state index contributed by atoms with van der Waals surface area (Å²) < 4.78 is 5.13. The summed E-state index contributed by atoms with van der Waals surface area (Å²) >= 11 is 1.61. The molecular formula is C11H18N2O2S. The van der Waals surface area contributed by atoms with Gasteiger partial charge in [-0.1, -0.05) is 0 Å². The van der Waals surface area contributed by atoms with Crippen LogP contribution >= 0.6 is 11.3 Å². The molecule has 0 N–H and O–H groups in total. The van der Waals surface area contributed by atoms with Crippen LogP contribution in [0.2, 0.25) is 0 Å². The number of thiazole rings is 1. The summed E-state index contributed by atoms with van der Waals surface area (Å²) in [5.74, 6) is -0.129. The molecule has 1 heterocycles. The normalized spacial score (nSPS) is 10.8. The first-order chi connectivity index (χ1) is 7.59. The zero-order chi connectivity index (χ0) is 12.0. The third kappa shape index (κ3) is 4.72. The van der Waals surface area contributed by atoms with Crippen LogP contribution in [-0.2, 0) is 16.0 Å². The van der Waals surface area contributed by atoms with Crippen LogP contribution in [0.3, 0.4) is 0 Å². The SMILES string of the molecule is Cc1ncsc1CCOC(=O)CCN(C)C. The Morgan fingerprint density at radius 3 is 2.88 bits per heavy atom. The van der Waals surface area contributed by atoms with Crippen molar-refractivity contribution in [2.45, 2.75) is 19.8 Å². The van der Waals surface area contributed by atoms with E-state index in [-0.39, 0.29) is 5.97 Å². The van der Waals surface area contributed by atoms with Gasteiger partial charge in [-0.2, -0.15) is 0 Å². The lowest BCUT2D eigenvalue weighted by Crippen LogP contribution is -2.18. The summed E-state index contributed by atoms with van der Waals surface area (Å²) in [6, 6.07) is 0. The number of hydrogen-bond donors (Lipinski definition) is 0. The van der Waals surface area contributed by atoms with E-state index < -0.39 is 0 Å². The van der Waals surface area contributed by atoms with E-state index in [2.05, 4.69) is 4.98 Å². The number of carbonyl (C=O) groups excluding carboxylic acids is 1. The number of aryl methyl sites for hydroxylation is 1. The van der Waals surface area contributed by atoms with Gasteiger partial charge in [0.25, 0.3) is 0 Å². The maximum Gasteiger partial charge on any atom is 0.307 e. The molecule has 0 bridgehead atoms. The van der Waals surface area contributed by atoms with Gasteiger partial charge in [0.1, 0.15) is 0 Å². The van der Waals surface area contributed by atoms with Crippen molar-refractivity contribution in [3.63, 3.8) is 0 Å². The molecule has 0 aliphatic carbocycles. The second kappa shape index (κ2) is 6.60. The van der Waals surface area contributed by atoms with Crippen LogP contribution in [-0.4, -0.2) is 43.1 Å². The van der Waals surface area contributed by atoms with Crippen molar-refractivity contribution in [3.8, 4) is 0 Å². The molecule has 0 aliphatic rings. The van der Waals surface area contributed by atoms with E-state index >= 15 is 0 Å². The quantitative estimate of drug-likeness (QED) is 0.709. The zero-order valence-electron chi connectivity index (χ0n) is 10.0. The Bertz CT molecular complexity index is 336. The van der Waals surface area contributed by atoms with Crippen molar-refractivity contribution in [1.82, 2.24) is 9.88 Å². The molecule has 0 aliphatic heterocycles. The van der Waals surface area contributed by atoms with E-state index in [1.165, 1.54) is 4.88 Å². The number of aromatic nitrogens is 1. The summed E-state index contributed by atoms with van der Waals surface area (Å²) in [6.07, 6.45) is 1.22. The lowest BCUT2D eigenvalue weighted by atomic mass is 10.3. The third-order valence-electron chi connectivity index (χ3n) is 2.20. The standard InChI is InChI=1S/C11H18N2O2S/c1-9-10(16-8-12-9)5-7-15-11(14)4-6-13(2)3/h8H,4-7H2,1-3H3. The fraction of sp³-hybridized carbons (Fsp3) is 0.636. The van der Waals surface area contributed by atoms with E-state index in [1.807, 2.05) is 31.4 Å². The van der Waals surface area contributed by atoms with E-state index in [0.29, 0.717) is 13.0 Å². The molecule has 1 aromatic rings. The predicted octanol–water partition coefficient (Wildman–Crippen LogP) is 1.49. The molecule has 0 saturated carbocycles. The van der Waals surface area contributed by atoms with Crippen molar-refractivity contribution in [1.29, 1.82) is 0 Å². The van der Waals surface area contributed by atoms with Gasteiger partial charge in [0.2, 0.25) is 0 Å². The Hall–Kier alpha value is -0.940. The highest BCUT2D eigenvalue weighted by Gasteiger charge is 2.05. The molecule has 0 radical (unpaired) electrons. The van der Waals surface area contributed by atoms with Crippen molar-refractivity contribution in [2.24, 2.45) is 0 Å². The molecular weight excluding hydrogens is 224 g/mol. The average molecular weight is 242 g/mol. The predicted molar refractivity (Wildman–Crippen MR) is 64.7 cm³/mol. The summed E-state index contributed by atoms with van der Waals surface area (Å²) in [7, 11) is 3.88. The molecule has 0 atom stereocenters. The van der Waals surface area contributed by atoms with E-state index in [1.54, 1.807) is 11.3 Å². The van der Waals surface area contributed by atoms with Crippen LogP contribution < -0.4 is 0 Å². The molecule has 0 unspecified atom stereocenters. The maximum absolute atomic E-state index is 11.3. The second-order valence-electron chi connectivity index (χ2n) is 3.88. The largest absolute Gasteiger partial charge is 0.465 e. The van der Waals surface area contributed by atoms with Crippen molar-refractivity contribution >= 4 is 17.3 Å². The minimum atomic E-state index is -0.129. The highest BCUT2D eigenvalue weighted by atomic mass is 32.1. The van der Waals surface area contributed by atoms with Crippen LogP contribution in [0.5, 0.6) is 0 Å². The van der Waals surface area contributed by atoms with E-state index in [4.69, 9.17) is 4.74 Å². The lowest BCUT2D eigenvalue weighted by molar-refractivity contribution is -0.143. The molecule has 0 fully saturated rings. The van der Waals surface area contributed by atoms with Gasteiger partial charge in [-0.25, -0.2) is 4.98 Å². The van der Waals surface area contributed by atoms with Crippen molar-refractivity contribution in [2.75, 3.05) is 27.2 Å². The fourth-order valence-electron chi connectivity index (χ4n) is 1.21. The van der Waals surface area contributed by atoms with E-state index in [0.717, 1.165) is 18.7 Å². The first-order valence-electron chi connectivity index (χ1n) is 5.29. The second-order valence-corrected chi connectivity index (χ2v) is 4.82. The lowest BCUT2D eigenvalue weighted by Gasteiger charge is -2.08.